The molecule has 24 heavy (non-hydrogen) atoms. The number of ether oxygens (including phenoxy) is 1. The summed E-state index contributed by atoms with van der Waals surface area (Å²) in [6.07, 6.45) is 0.307. The molecule has 0 spiro atoms. The number of amides is 1. The van der Waals surface area contributed by atoms with Gasteiger partial charge in [0, 0.05) is 0 Å². The number of hydrogen-bond donors (Lipinski definition) is 1. The van der Waals surface area contributed by atoms with Gasteiger partial charge in [0.2, 0.25) is 5.91 Å². The van der Waals surface area contributed by atoms with Gasteiger partial charge in [-0.1, -0.05) is 41.1 Å². The second-order valence-corrected chi connectivity index (χ2v) is 7.00. The lowest BCUT2D eigenvalue weighted by Crippen LogP contribution is -2.14. The molecule has 6 heteroatoms. The standard InChI is InChI=1S/C18H17ClN2O2S/c1-10-4-5-12(8-11(10)2)9-15(22)20-18-21-16-14(23-3)7-6-13(19)17(16)24-18/h4-8H,9H2,1-3H3,(H,20,21,22). The molecule has 2 aromatic carbocycles. The summed E-state index contributed by atoms with van der Waals surface area (Å²) in [4.78, 5) is 16.7. The molecule has 0 atom stereocenters. The number of fused-ring (bicyclic) bond motifs is 1. The molecular weight excluding hydrogens is 344 g/mol. The monoisotopic (exact) mass is 360 g/mol. The topological polar surface area (TPSA) is 51.2 Å². The van der Waals surface area contributed by atoms with Crippen molar-refractivity contribution >= 4 is 44.2 Å². The SMILES string of the molecule is COc1ccc(Cl)c2sc(NC(=O)Cc3ccc(C)c(C)c3)nc12. The zero-order chi connectivity index (χ0) is 17.3. The third kappa shape index (κ3) is 3.37. The van der Waals surface area contributed by atoms with Crippen LogP contribution < -0.4 is 10.1 Å². The molecule has 0 aliphatic carbocycles. The van der Waals surface area contributed by atoms with Crippen LogP contribution in [0.4, 0.5) is 5.13 Å². The van der Waals surface area contributed by atoms with Crippen molar-refractivity contribution in [2.75, 3.05) is 12.4 Å². The number of nitrogens with zero attached hydrogens (tertiary/aromatic N) is 1. The second kappa shape index (κ2) is 6.79. The Bertz CT molecular complexity index is 921. The molecule has 1 amide bonds. The summed E-state index contributed by atoms with van der Waals surface area (Å²) in [6.45, 7) is 4.09. The molecule has 3 aromatic rings. The fourth-order valence-corrected chi connectivity index (χ4v) is 3.60. The number of anilines is 1. The molecule has 1 heterocycles. The summed E-state index contributed by atoms with van der Waals surface area (Å²) < 4.78 is 6.10. The fraction of sp³-hybridized carbons (Fsp3) is 0.222. The number of methoxy groups -OCH3 is 1. The lowest BCUT2D eigenvalue weighted by atomic mass is 10.0. The molecule has 0 aliphatic heterocycles. The van der Waals surface area contributed by atoms with Crippen molar-refractivity contribution in [2.45, 2.75) is 20.3 Å². The Morgan fingerprint density at radius 2 is 2.04 bits per heavy atom. The summed E-state index contributed by atoms with van der Waals surface area (Å²) in [6, 6.07) is 9.57. The van der Waals surface area contributed by atoms with Gasteiger partial charge in [0.15, 0.2) is 5.13 Å². The number of aryl methyl sites for hydroxylation is 2. The van der Waals surface area contributed by atoms with E-state index in [9.17, 15) is 4.79 Å². The number of halogens is 1. The third-order valence-corrected chi connectivity index (χ3v) is 5.29. The van der Waals surface area contributed by atoms with Gasteiger partial charge in [0.1, 0.15) is 11.3 Å². The fourth-order valence-electron chi connectivity index (χ4n) is 2.43. The van der Waals surface area contributed by atoms with Crippen molar-refractivity contribution in [3.8, 4) is 5.75 Å². The van der Waals surface area contributed by atoms with Gasteiger partial charge in [-0.25, -0.2) is 4.98 Å². The molecule has 1 N–H and O–H groups in total. The highest BCUT2D eigenvalue weighted by Crippen LogP contribution is 2.37. The van der Waals surface area contributed by atoms with Gasteiger partial charge in [-0.2, -0.15) is 0 Å². The zero-order valence-corrected chi connectivity index (χ0v) is 15.2. The Labute approximate surface area is 149 Å². The van der Waals surface area contributed by atoms with Gasteiger partial charge in [-0.05, 0) is 42.7 Å². The maximum absolute atomic E-state index is 12.3. The lowest BCUT2D eigenvalue weighted by molar-refractivity contribution is -0.115. The molecular formula is C18H17ClN2O2S. The van der Waals surface area contributed by atoms with Crippen molar-refractivity contribution in [3.05, 3.63) is 52.0 Å². The molecule has 124 valence electrons. The maximum atomic E-state index is 12.3. The zero-order valence-electron chi connectivity index (χ0n) is 13.6. The minimum Gasteiger partial charge on any atom is -0.494 e. The Balaban J connectivity index is 1.80. The van der Waals surface area contributed by atoms with Crippen LogP contribution >= 0.6 is 22.9 Å². The molecule has 0 fully saturated rings. The Kier molecular flexibility index (Phi) is 4.73. The average Bonchev–Trinajstić information content (AvgIpc) is 2.96. The van der Waals surface area contributed by atoms with Crippen molar-refractivity contribution in [1.29, 1.82) is 0 Å². The van der Waals surface area contributed by atoms with E-state index in [2.05, 4.69) is 17.2 Å². The number of aromatic nitrogens is 1. The van der Waals surface area contributed by atoms with Gasteiger partial charge in [0.05, 0.1) is 23.3 Å². The van der Waals surface area contributed by atoms with Crippen molar-refractivity contribution < 1.29 is 9.53 Å². The molecule has 4 nitrogen and oxygen atoms in total. The van der Waals surface area contributed by atoms with E-state index in [-0.39, 0.29) is 5.91 Å². The largest absolute Gasteiger partial charge is 0.494 e. The van der Waals surface area contributed by atoms with Crippen LogP contribution in [-0.2, 0) is 11.2 Å². The molecule has 0 radical (unpaired) electrons. The smallest absolute Gasteiger partial charge is 0.230 e. The molecule has 0 unspecified atom stereocenters. The van der Waals surface area contributed by atoms with Crippen LogP contribution in [0.2, 0.25) is 5.02 Å². The molecule has 0 bridgehead atoms. The van der Waals surface area contributed by atoms with E-state index in [0.717, 1.165) is 10.3 Å². The van der Waals surface area contributed by atoms with Crippen molar-refractivity contribution in [1.82, 2.24) is 4.98 Å². The first-order valence-corrected chi connectivity index (χ1v) is 8.66. The van der Waals surface area contributed by atoms with E-state index in [1.807, 2.05) is 25.1 Å². The van der Waals surface area contributed by atoms with Crippen LogP contribution in [0.3, 0.4) is 0 Å². The Hall–Kier alpha value is -2.11. The third-order valence-electron chi connectivity index (χ3n) is 3.86. The first-order valence-electron chi connectivity index (χ1n) is 7.47. The highest BCUT2D eigenvalue weighted by molar-refractivity contribution is 7.23. The van der Waals surface area contributed by atoms with Crippen LogP contribution in [0.25, 0.3) is 10.2 Å². The predicted molar refractivity (Wildman–Crippen MR) is 99.4 cm³/mol. The van der Waals surface area contributed by atoms with Gasteiger partial charge in [0.25, 0.3) is 0 Å². The predicted octanol–water partition coefficient (Wildman–Crippen LogP) is 4.76. The van der Waals surface area contributed by atoms with E-state index in [1.165, 1.54) is 22.5 Å². The van der Waals surface area contributed by atoms with E-state index in [1.54, 1.807) is 19.2 Å². The summed E-state index contributed by atoms with van der Waals surface area (Å²) in [5, 5.41) is 3.96. The molecule has 0 aliphatic rings. The van der Waals surface area contributed by atoms with Crippen molar-refractivity contribution in [2.24, 2.45) is 0 Å². The number of hydrogen-bond acceptors (Lipinski definition) is 4. The Morgan fingerprint density at radius 1 is 1.25 bits per heavy atom. The van der Waals surface area contributed by atoms with Gasteiger partial charge >= 0.3 is 0 Å². The first-order chi connectivity index (χ1) is 11.5. The van der Waals surface area contributed by atoms with Gasteiger partial charge < -0.3 is 10.1 Å². The van der Waals surface area contributed by atoms with Crippen LogP contribution in [-0.4, -0.2) is 18.0 Å². The van der Waals surface area contributed by atoms with Crippen LogP contribution in [0, 0.1) is 13.8 Å². The Morgan fingerprint density at radius 3 is 2.75 bits per heavy atom. The highest BCUT2D eigenvalue weighted by atomic mass is 35.5. The molecule has 0 saturated carbocycles. The van der Waals surface area contributed by atoms with Crippen LogP contribution in [0.1, 0.15) is 16.7 Å². The van der Waals surface area contributed by atoms with E-state index in [0.29, 0.717) is 27.8 Å². The van der Waals surface area contributed by atoms with Crippen molar-refractivity contribution in [3.63, 3.8) is 0 Å². The second-order valence-electron chi connectivity index (χ2n) is 5.59. The average molecular weight is 361 g/mol. The number of benzene rings is 2. The summed E-state index contributed by atoms with van der Waals surface area (Å²) >= 11 is 7.54. The number of carbonyl (C=O) groups is 1. The molecule has 3 rings (SSSR count). The van der Waals surface area contributed by atoms with Gasteiger partial charge in [-0.15, -0.1) is 0 Å². The minimum atomic E-state index is -0.104. The number of nitrogens with one attached hydrogen (secondary N) is 1. The molecule has 1 aromatic heterocycles. The van der Waals surface area contributed by atoms with E-state index < -0.39 is 0 Å². The van der Waals surface area contributed by atoms with Crippen LogP contribution in [0.5, 0.6) is 5.75 Å². The van der Waals surface area contributed by atoms with E-state index >= 15 is 0 Å². The number of carbonyl (C=O) groups excluding carboxylic acids is 1. The lowest BCUT2D eigenvalue weighted by Gasteiger charge is -2.05. The number of rotatable bonds is 4. The number of thiazole rings is 1. The quantitative estimate of drug-likeness (QED) is 0.730. The first kappa shape index (κ1) is 16.7. The van der Waals surface area contributed by atoms with Gasteiger partial charge in [-0.3, -0.25) is 4.79 Å². The highest BCUT2D eigenvalue weighted by Gasteiger charge is 2.14. The van der Waals surface area contributed by atoms with E-state index in [4.69, 9.17) is 16.3 Å². The minimum absolute atomic E-state index is 0.104. The van der Waals surface area contributed by atoms with Crippen LogP contribution in [0.15, 0.2) is 30.3 Å². The normalized spacial score (nSPS) is 10.8. The summed E-state index contributed by atoms with van der Waals surface area (Å²) in [5.74, 6) is 0.535. The maximum Gasteiger partial charge on any atom is 0.230 e. The molecule has 0 saturated heterocycles. The summed E-state index contributed by atoms with van der Waals surface area (Å²) in [7, 11) is 1.58. The summed E-state index contributed by atoms with van der Waals surface area (Å²) in [5.41, 5.74) is 4.03.